The predicted octanol–water partition coefficient (Wildman–Crippen LogP) is 3.55. The topological polar surface area (TPSA) is 22.8 Å². The Kier molecular flexibility index (Phi) is 2.91. The number of ether oxygens (including phenoxy) is 2. The molecular formula is C15H15NO2. The summed E-state index contributed by atoms with van der Waals surface area (Å²) in [5.41, 5.74) is 3.22. The van der Waals surface area contributed by atoms with Crippen LogP contribution in [0.25, 0.3) is 10.4 Å². The summed E-state index contributed by atoms with van der Waals surface area (Å²) >= 11 is 0. The number of nitrogens with zero attached hydrogens (tertiary/aromatic N) is 1. The number of allylic oxidation sites excluding steroid dienone is 1. The zero-order chi connectivity index (χ0) is 12.4. The Balaban J connectivity index is 1.77. The van der Waals surface area contributed by atoms with Crippen LogP contribution in [0.2, 0.25) is 0 Å². The average molecular weight is 241 g/mol. The largest absolute Gasteiger partial charge is 0.347 e. The molecule has 1 aromatic rings. The van der Waals surface area contributed by atoms with Crippen LogP contribution in [0.5, 0.6) is 0 Å². The Labute approximate surface area is 107 Å². The van der Waals surface area contributed by atoms with Gasteiger partial charge in [-0.25, -0.2) is 4.85 Å². The SMILES string of the molecule is [C-]#[N+]c1ccc(C2=CCC3(CC2)OCCO3)cc1. The highest BCUT2D eigenvalue weighted by molar-refractivity contribution is 5.68. The van der Waals surface area contributed by atoms with Crippen molar-refractivity contribution in [2.24, 2.45) is 0 Å². The maximum Gasteiger partial charge on any atom is 0.187 e. The van der Waals surface area contributed by atoms with Gasteiger partial charge in [-0.05, 0) is 17.6 Å². The maximum absolute atomic E-state index is 6.94. The predicted molar refractivity (Wildman–Crippen MR) is 69.2 cm³/mol. The second-order valence-electron chi connectivity index (χ2n) is 4.70. The van der Waals surface area contributed by atoms with Gasteiger partial charge in [0.25, 0.3) is 0 Å². The highest BCUT2D eigenvalue weighted by Gasteiger charge is 2.37. The van der Waals surface area contributed by atoms with Gasteiger partial charge in [0.2, 0.25) is 0 Å². The van der Waals surface area contributed by atoms with Crippen molar-refractivity contribution < 1.29 is 9.47 Å². The quantitative estimate of drug-likeness (QED) is 0.702. The summed E-state index contributed by atoms with van der Waals surface area (Å²) in [4.78, 5) is 3.41. The summed E-state index contributed by atoms with van der Waals surface area (Å²) in [5, 5.41) is 0. The molecule has 18 heavy (non-hydrogen) atoms. The Hall–Kier alpha value is -1.63. The summed E-state index contributed by atoms with van der Waals surface area (Å²) in [7, 11) is 0. The van der Waals surface area contributed by atoms with Crippen LogP contribution in [0.1, 0.15) is 24.8 Å². The minimum Gasteiger partial charge on any atom is -0.347 e. The third-order valence-electron chi connectivity index (χ3n) is 3.62. The smallest absolute Gasteiger partial charge is 0.187 e. The Morgan fingerprint density at radius 2 is 1.83 bits per heavy atom. The van der Waals surface area contributed by atoms with E-state index in [1.54, 1.807) is 0 Å². The normalized spacial score (nSPS) is 21.6. The van der Waals surface area contributed by atoms with E-state index < -0.39 is 0 Å². The number of benzene rings is 1. The first-order valence-corrected chi connectivity index (χ1v) is 6.26. The summed E-state index contributed by atoms with van der Waals surface area (Å²) in [5.74, 6) is -0.347. The van der Waals surface area contributed by atoms with Gasteiger partial charge in [-0.2, -0.15) is 0 Å². The lowest BCUT2D eigenvalue weighted by Crippen LogP contribution is -2.31. The maximum atomic E-state index is 6.94. The summed E-state index contributed by atoms with van der Waals surface area (Å²) in [6, 6.07) is 7.79. The lowest BCUT2D eigenvalue weighted by Gasteiger charge is -2.30. The fourth-order valence-electron chi connectivity index (χ4n) is 2.58. The van der Waals surface area contributed by atoms with Gasteiger partial charge in [0, 0.05) is 12.8 Å². The van der Waals surface area contributed by atoms with E-state index in [1.165, 1.54) is 11.1 Å². The Morgan fingerprint density at radius 3 is 2.39 bits per heavy atom. The van der Waals surface area contributed by atoms with Crippen LogP contribution in [0.3, 0.4) is 0 Å². The standard InChI is InChI=1S/C15H15NO2/c1-16-14-4-2-12(3-5-14)13-6-8-15(9-7-13)17-10-11-18-15/h2-6H,7-11H2. The van der Waals surface area contributed by atoms with Gasteiger partial charge < -0.3 is 9.47 Å². The molecule has 0 amide bonds. The van der Waals surface area contributed by atoms with E-state index in [1.807, 2.05) is 24.3 Å². The summed E-state index contributed by atoms with van der Waals surface area (Å²) in [6.45, 7) is 8.37. The average Bonchev–Trinajstić information content (AvgIpc) is 2.88. The van der Waals surface area contributed by atoms with Gasteiger partial charge in [0.05, 0.1) is 19.8 Å². The van der Waals surface area contributed by atoms with Crippen molar-refractivity contribution in [1.29, 1.82) is 0 Å². The molecule has 2 aliphatic rings. The molecule has 0 radical (unpaired) electrons. The van der Waals surface area contributed by atoms with Gasteiger partial charge in [0.15, 0.2) is 11.5 Å². The molecule has 1 aliphatic carbocycles. The molecule has 3 heteroatoms. The van der Waals surface area contributed by atoms with Crippen LogP contribution in [-0.4, -0.2) is 19.0 Å². The minimum atomic E-state index is -0.347. The molecule has 1 aromatic carbocycles. The molecule has 0 unspecified atom stereocenters. The third-order valence-corrected chi connectivity index (χ3v) is 3.62. The number of hydrogen-bond donors (Lipinski definition) is 0. The molecule has 3 rings (SSSR count). The van der Waals surface area contributed by atoms with Crippen molar-refractivity contribution in [3.63, 3.8) is 0 Å². The van der Waals surface area contributed by atoms with E-state index in [4.69, 9.17) is 16.0 Å². The molecule has 1 fully saturated rings. The van der Waals surface area contributed by atoms with E-state index in [2.05, 4.69) is 10.9 Å². The highest BCUT2D eigenvalue weighted by Crippen LogP contribution is 2.38. The van der Waals surface area contributed by atoms with Gasteiger partial charge in [-0.1, -0.05) is 30.3 Å². The molecule has 92 valence electrons. The van der Waals surface area contributed by atoms with Crippen LogP contribution in [0.4, 0.5) is 5.69 Å². The van der Waals surface area contributed by atoms with Gasteiger partial charge in [-0.3, -0.25) is 0 Å². The zero-order valence-corrected chi connectivity index (χ0v) is 10.2. The van der Waals surface area contributed by atoms with E-state index >= 15 is 0 Å². The van der Waals surface area contributed by atoms with E-state index in [-0.39, 0.29) is 5.79 Å². The van der Waals surface area contributed by atoms with Crippen LogP contribution < -0.4 is 0 Å². The molecule has 0 atom stereocenters. The van der Waals surface area contributed by atoms with Crippen molar-refractivity contribution >= 4 is 11.3 Å². The van der Waals surface area contributed by atoms with Crippen molar-refractivity contribution in [3.8, 4) is 0 Å². The molecule has 1 saturated heterocycles. The monoisotopic (exact) mass is 241 g/mol. The van der Waals surface area contributed by atoms with Crippen LogP contribution in [-0.2, 0) is 9.47 Å². The fourth-order valence-corrected chi connectivity index (χ4v) is 2.58. The molecule has 0 N–H and O–H groups in total. The van der Waals surface area contributed by atoms with Crippen LogP contribution >= 0.6 is 0 Å². The fraction of sp³-hybridized carbons (Fsp3) is 0.400. The van der Waals surface area contributed by atoms with E-state index in [0.29, 0.717) is 18.9 Å². The highest BCUT2D eigenvalue weighted by atomic mass is 16.7. The first-order chi connectivity index (χ1) is 8.81. The van der Waals surface area contributed by atoms with Crippen LogP contribution in [0, 0.1) is 6.57 Å². The zero-order valence-electron chi connectivity index (χ0n) is 10.2. The van der Waals surface area contributed by atoms with Crippen molar-refractivity contribution in [2.45, 2.75) is 25.0 Å². The Bertz CT molecular complexity index is 504. The second kappa shape index (κ2) is 4.56. The molecule has 0 saturated carbocycles. The summed E-state index contributed by atoms with van der Waals surface area (Å²) in [6.07, 6.45) is 4.93. The first-order valence-electron chi connectivity index (χ1n) is 6.26. The lowest BCUT2D eigenvalue weighted by molar-refractivity contribution is -0.159. The minimum absolute atomic E-state index is 0.347. The van der Waals surface area contributed by atoms with Gasteiger partial charge in [-0.15, -0.1) is 0 Å². The molecule has 3 nitrogen and oxygen atoms in total. The van der Waals surface area contributed by atoms with E-state index in [9.17, 15) is 0 Å². The molecular weight excluding hydrogens is 226 g/mol. The lowest BCUT2D eigenvalue weighted by atomic mass is 9.90. The second-order valence-corrected chi connectivity index (χ2v) is 4.70. The third kappa shape index (κ3) is 2.05. The Morgan fingerprint density at radius 1 is 1.11 bits per heavy atom. The molecule has 1 aliphatic heterocycles. The van der Waals surface area contributed by atoms with Crippen molar-refractivity contribution in [3.05, 3.63) is 47.3 Å². The van der Waals surface area contributed by atoms with Crippen molar-refractivity contribution in [2.75, 3.05) is 13.2 Å². The van der Waals surface area contributed by atoms with Crippen molar-refractivity contribution in [1.82, 2.24) is 0 Å². The number of hydrogen-bond acceptors (Lipinski definition) is 2. The molecule has 1 heterocycles. The van der Waals surface area contributed by atoms with Gasteiger partial charge in [0.1, 0.15) is 0 Å². The molecule has 0 aromatic heterocycles. The van der Waals surface area contributed by atoms with Gasteiger partial charge >= 0.3 is 0 Å². The van der Waals surface area contributed by atoms with E-state index in [0.717, 1.165) is 19.3 Å². The first kappa shape index (κ1) is 11.5. The summed E-state index contributed by atoms with van der Waals surface area (Å²) < 4.78 is 11.4. The molecule has 1 spiro atoms. The van der Waals surface area contributed by atoms with Crippen LogP contribution in [0.15, 0.2) is 30.3 Å². The molecule has 0 bridgehead atoms. The number of rotatable bonds is 1.